The second kappa shape index (κ2) is 11.3. The summed E-state index contributed by atoms with van der Waals surface area (Å²) in [5.41, 5.74) is 8.64. The van der Waals surface area contributed by atoms with E-state index in [9.17, 15) is 4.79 Å². The van der Waals surface area contributed by atoms with E-state index in [4.69, 9.17) is 0 Å². The van der Waals surface area contributed by atoms with Gasteiger partial charge in [-0.1, -0.05) is 42.0 Å². The number of benzene rings is 3. The first-order chi connectivity index (χ1) is 18.4. The van der Waals surface area contributed by atoms with Gasteiger partial charge in [0.2, 0.25) is 5.95 Å². The van der Waals surface area contributed by atoms with Gasteiger partial charge in [0.25, 0.3) is 5.91 Å². The molecule has 4 aromatic rings. The van der Waals surface area contributed by atoms with Crippen LogP contribution in [-0.4, -0.2) is 41.6 Å². The average molecular weight is 510 g/mol. The molecule has 5 rings (SSSR count). The third-order valence-electron chi connectivity index (χ3n) is 7.69. The van der Waals surface area contributed by atoms with Crippen LogP contribution in [0, 0.1) is 26.7 Å². The number of amides is 1. The molecule has 0 aliphatic carbocycles. The van der Waals surface area contributed by atoms with E-state index in [1.807, 2.05) is 32.0 Å². The summed E-state index contributed by atoms with van der Waals surface area (Å²) in [5.74, 6) is 1.52. The molecule has 1 unspecified atom stereocenters. The Labute approximate surface area is 225 Å². The minimum Gasteiger partial charge on any atom is -0.372 e. The number of aryl methyl sites for hydroxylation is 3. The molecule has 3 N–H and O–H groups in total. The van der Waals surface area contributed by atoms with Gasteiger partial charge in [0.05, 0.1) is 11.0 Å². The van der Waals surface area contributed by atoms with Gasteiger partial charge in [0.15, 0.2) is 0 Å². The SMILES string of the molecule is Cc1cc(C)c(C(=O)NC(C)Cc2ccc(N3CCC(CNc4nc5ccccc5[nH]4)CC3)cc2)c(C)c1. The molecular weight excluding hydrogens is 470 g/mol. The van der Waals surface area contributed by atoms with E-state index >= 15 is 0 Å². The Bertz CT molecular complexity index is 1340. The monoisotopic (exact) mass is 509 g/mol. The summed E-state index contributed by atoms with van der Waals surface area (Å²) < 4.78 is 0. The number of H-pyrrole nitrogens is 1. The van der Waals surface area contributed by atoms with Gasteiger partial charge < -0.3 is 20.5 Å². The largest absolute Gasteiger partial charge is 0.372 e. The minimum atomic E-state index is 0.0156. The van der Waals surface area contributed by atoms with Crippen LogP contribution in [0.3, 0.4) is 0 Å². The molecule has 6 heteroatoms. The van der Waals surface area contributed by atoms with E-state index in [2.05, 4.69) is 81.8 Å². The molecule has 0 bridgehead atoms. The number of carbonyl (C=O) groups excluding carboxylic acids is 1. The number of rotatable bonds is 8. The molecule has 0 saturated carbocycles. The number of para-hydroxylation sites is 2. The highest BCUT2D eigenvalue weighted by Gasteiger charge is 2.20. The lowest BCUT2D eigenvalue weighted by Gasteiger charge is -2.33. The minimum absolute atomic E-state index is 0.0156. The van der Waals surface area contributed by atoms with Gasteiger partial charge in [-0.3, -0.25) is 4.79 Å². The lowest BCUT2D eigenvalue weighted by Crippen LogP contribution is -2.36. The Morgan fingerprint density at radius 2 is 1.71 bits per heavy atom. The van der Waals surface area contributed by atoms with E-state index in [1.54, 1.807) is 0 Å². The van der Waals surface area contributed by atoms with Crippen molar-refractivity contribution in [3.63, 3.8) is 0 Å². The fourth-order valence-electron chi connectivity index (χ4n) is 5.75. The van der Waals surface area contributed by atoms with Crippen LogP contribution < -0.4 is 15.5 Å². The Morgan fingerprint density at radius 1 is 1.03 bits per heavy atom. The lowest BCUT2D eigenvalue weighted by molar-refractivity contribution is 0.0939. The fourth-order valence-corrected chi connectivity index (χ4v) is 5.75. The van der Waals surface area contributed by atoms with Crippen LogP contribution in [0.5, 0.6) is 0 Å². The molecule has 1 saturated heterocycles. The van der Waals surface area contributed by atoms with Gasteiger partial charge in [-0.25, -0.2) is 4.98 Å². The van der Waals surface area contributed by atoms with Gasteiger partial charge in [-0.05, 0) is 93.8 Å². The molecule has 3 aromatic carbocycles. The highest BCUT2D eigenvalue weighted by molar-refractivity contribution is 5.97. The molecule has 0 radical (unpaired) electrons. The first kappa shape index (κ1) is 25.8. The number of nitrogens with one attached hydrogen (secondary N) is 3. The van der Waals surface area contributed by atoms with Crippen molar-refractivity contribution in [2.24, 2.45) is 5.92 Å². The van der Waals surface area contributed by atoms with Crippen molar-refractivity contribution in [2.45, 2.75) is 53.0 Å². The number of aromatic amines is 1. The molecule has 6 nitrogen and oxygen atoms in total. The summed E-state index contributed by atoms with van der Waals surface area (Å²) in [5, 5.41) is 6.70. The zero-order chi connectivity index (χ0) is 26.6. The topological polar surface area (TPSA) is 73.1 Å². The van der Waals surface area contributed by atoms with E-state index in [0.717, 1.165) is 72.6 Å². The maximum absolute atomic E-state index is 12.9. The quantitative estimate of drug-likeness (QED) is 0.265. The highest BCUT2D eigenvalue weighted by atomic mass is 16.1. The first-order valence-corrected chi connectivity index (χ1v) is 13.8. The van der Waals surface area contributed by atoms with E-state index in [1.165, 1.54) is 16.8 Å². The molecule has 1 aromatic heterocycles. The number of nitrogens with zero attached hydrogens (tertiary/aromatic N) is 2. The number of carbonyl (C=O) groups is 1. The Kier molecular flexibility index (Phi) is 7.68. The first-order valence-electron chi connectivity index (χ1n) is 13.8. The molecule has 1 aliphatic heterocycles. The molecule has 38 heavy (non-hydrogen) atoms. The van der Waals surface area contributed by atoms with Crippen molar-refractivity contribution in [2.75, 3.05) is 29.9 Å². The molecule has 2 heterocycles. The van der Waals surface area contributed by atoms with Crippen LogP contribution in [0.1, 0.15) is 52.4 Å². The zero-order valence-electron chi connectivity index (χ0n) is 23.0. The van der Waals surface area contributed by atoms with Crippen molar-refractivity contribution in [3.8, 4) is 0 Å². The summed E-state index contributed by atoms with van der Waals surface area (Å²) in [6.07, 6.45) is 3.14. The number of imidazole rings is 1. The Hall–Kier alpha value is -3.80. The number of anilines is 2. The normalized spacial score (nSPS) is 15.0. The number of piperidine rings is 1. The summed E-state index contributed by atoms with van der Waals surface area (Å²) in [4.78, 5) is 23.4. The highest BCUT2D eigenvalue weighted by Crippen LogP contribution is 2.25. The molecule has 1 atom stereocenters. The Morgan fingerprint density at radius 3 is 2.39 bits per heavy atom. The number of hydrogen-bond acceptors (Lipinski definition) is 4. The van der Waals surface area contributed by atoms with Crippen molar-refractivity contribution in [3.05, 3.63) is 88.5 Å². The Balaban J connectivity index is 1.09. The number of hydrogen-bond donors (Lipinski definition) is 3. The third kappa shape index (κ3) is 6.01. The van der Waals surface area contributed by atoms with Crippen molar-refractivity contribution in [1.82, 2.24) is 15.3 Å². The van der Waals surface area contributed by atoms with Crippen molar-refractivity contribution < 1.29 is 4.79 Å². The second-order valence-corrected chi connectivity index (χ2v) is 10.9. The number of fused-ring (bicyclic) bond motifs is 1. The second-order valence-electron chi connectivity index (χ2n) is 10.9. The zero-order valence-corrected chi connectivity index (χ0v) is 23.0. The van der Waals surface area contributed by atoms with Gasteiger partial charge in [0, 0.05) is 36.9 Å². The van der Waals surface area contributed by atoms with E-state index in [-0.39, 0.29) is 11.9 Å². The van der Waals surface area contributed by atoms with Gasteiger partial charge >= 0.3 is 0 Å². The lowest BCUT2D eigenvalue weighted by atomic mass is 9.96. The number of aromatic nitrogens is 2. The molecule has 0 spiro atoms. The molecule has 1 amide bonds. The van der Waals surface area contributed by atoms with Gasteiger partial charge in [-0.15, -0.1) is 0 Å². The predicted octanol–water partition coefficient (Wildman–Crippen LogP) is 6.18. The van der Waals surface area contributed by atoms with Crippen LogP contribution in [0.15, 0.2) is 60.7 Å². The molecule has 1 fully saturated rings. The molecule has 198 valence electrons. The van der Waals surface area contributed by atoms with E-state index in [0.29, 0.717) is 5.92 Å². The molecular formula is C32H39N5O. The van der Waals surface area contributed by atoms with Crippen molar-refractivity contribution >= 4 is 28.6 Å². The predicted molar refractivity (Wildman–Crippen MR) is 157 cm³/mol. The van der Waals surface area contributed by atoms with Crippen LogP contribution in [-0.2, 0) is 6.42 Å². The maximum atomic E-state index is 12.9. The summed E-state index contributed by atoms with van der Waals surface area (Å²) in [7, 11) is 0. The standard InChI is InChI=1S/C32H39N5O/c1-21-17-22(2)30(23(3)18-21)31(38)34-24(4)19-25-9-11-27(12-10-25)37-15-13-26(14-16-37)20-33-32-35-28-7-5-6-8-29(28)36-32/h5-12,17-18,24,26H,13-16,19-20H2,1-4H3,(H,34,38)(H2,33,35,36). The average Bonchev–Trinajstić information content (AvgIpc) is 3.31. The molecule has 1 aliphatic rings. The summed E-state index contributed by atoms with van der Waals surface area (Å²) in [6.45, 7) is 11.2. The van der Waals surface area contributed by atoms with Gasteiger partial charge in [0.1, 0.15) is 0 Å². The van der Waals surface area contributed by atoms with Crippen LogP contribution >= 0.6 is 0 Å². The fraction of sp³-hybridized carbons (Fsp3) is 0.375. The maximum Gasteiger partial charge on any atom is 0.252 e. The summed E-state index contributed by atoms with van der Waals surface area (Å²) >= 11 is 0. The van der Waals surface area contributed by atoms with Crippen LogP contribution in [0.4, 0.5) is 11.6 Å². The third-order valence-corrected chi connectivity index (χ3v) is 7.69. The van der Waals surface area contributed by atoms with Crippen LogP contribution in [0.2, 0.25) is 0 Å². The van der Waals surface area contributed by atoms with E-state index < -0.39 is 0 Å². The van der Waals surface area contributed by atoms with Crippen LogP contribution in [0.25, 0.3) is 11.0 Å². The smallest absolute Gasteiger partial charge is 0.252 e. The van der Waals surface area contributed by atoms with Gasteiger partial charge in [-0.2, -0.15) is 0 Å². The summed E-state index contributed by atoms with van der Waals surface area (Å²) in [6, 6.07) is 21.2. The van der Waals surface area contributed by atoms with Crippen molar-refractivity contribution in [1.29, 1.82) is 0 Å².